The summed E-state index contributed by atoms with van der Waals surface area (Å²) in [5, 5.41) is 4.07. The van der Waals surface area contributed by atoms with E-state index in [1.54, 1.807) is 0 Å². The summed E-state index contributed by atoms with van der Waals surface area (Å²) in [6.45, 7) is 6.27. The van der Waals surface area contributed by atoms with Crippen LogP contribution in [0.15, 0.2) is 40.9 Å². The number of nitrogens with zero attached hydrogens (tertiary/aromatic N) is 3. The molecule has 1 aromatic heterocycles. The molecule has 0 saturated carbocycles. The first-order valence-electron chi connectivity index (χ1n) is 8.67. The minimum absolute atomic E-state index is 0.147. The second kappa shape index (κ2) is 6.40. The van der Waals surface area contributed by atoms with Crippen molar-refractivity contribution < 1.29 is 9.32 Å². The van der Waals surface area contributed by atoms with E-state index in [-0.39, 0.29) is 5.92 Å². The van der Waals surface area contributed by atoms with Crippen LogP contribution in [0.3, 0.4) is 0 Å². The zero-order valence-corrected chi connectivity index (χ0v) is 14.0. The molecule has 2 aliphatic rings. The standard InChI is InChI=1S/C19H23N3O2/c1-14-9-18(20-24-14)17-12-22(13-17)19(23)16-7-8-21(11-16)10-15-5-3-2-4-6-15/h2-6,9,16-17H,7-8,10-13H2,1H3. The van der Waals surface area contributed by atoms with Crippen LogP contribution in [0.4, 0.5) is 0 Å². The number of rotatable bonds is 4. The van der Waals surface area contributed by atoms with Crippen LogP contribution in [0.25, 0.3) is 0 Å². The summed E-state index contributed by atoms with van der Waals surface area (Å²) >= 11 is 0. The minimum Gasteiger partial charge on any atom is -0.361 e. The first-order chi connectivity index (χ1) is 11.7. The lowest BCUT2D eigenvalue weighted by Crippen LogP contribution is -2.51. The number of aromatic nitrogens is 1. The maximum Gasteiger partial charge on any atom is 0.227 e. The van der Waals surface area contributed by atoms with E-state index in [0.717, 1.165) is 50.6 Å². The van der Waals surface area contributed by atoms with Crippen molar-refractivity contribution in [3.8, 4) is 0 Å². The van der Waals surface area contributed by atoms with Gasteiger partial charge < -0.3 is 9.42 Å². The van der Waals surface area contributed by atoms with E-state index in [4.69, 9.17) is 4.52 Å². The van der Waals surface area contributed by atoms with Crippen molar-refractivity contribution in [3.05, 3.63) is 53.4 Å². The van der Waals surface area contributed by atoms with Crippen LogP contribution in [0.2, 0.25) is 0 Å². The largest absolute Gasteiger partial charge is 0.361 e. The lowest BCUT2D eigenvalue weighted by molar-refractivity contribution is -0.139. The molecule has 5 nitrogen and oxygen atoms in total. The Bertz CT molecular complexity index is 706. The third-order valence-corrected chi connectivity index (χ3v) is 5.13. The predicted molar refractivity (Wildman–Crippen MR) is 90.4 cm³/mol. The monoisotopic (exact) mass is 325 g/mol. The number of carbonyl (C=O) groups is 1. The van der Waals surface area contributed by atoms with Gasteiger partial charge in [0, 0.05) is 38.2 Å². The molecule has 2 aromatic rings. The Morgan fingerprint density at radius 3 is 2.75 bits per heavy atom. The van der Waals surface area contributed by atoms with E-state index in [1.165, 1.54) is 5.56 Å². The third-order valence-electron chi connectivity index (χ3n) is 5.13. The fourth-order valence-corrected chi connectivity index (χ4v) is 3.70. The average Bonchev–Trinajstić information content (AvgIpc) is 3.16. The van der Waals surface area contributed by atoms with Gasteiger partial charge in [-0.15, -0.1) is 0 Å². The van der Waals surface area contributed by atoms with Crippen molar-refractivity contribution in [2.24, 2.45) is 5.92 Å². The predicted octanol–water partition coefficient (Wildman–Crippen LogP) is 2.43. The first-order valence-corrected chi connectivity index (χ1v) is 8.67. The maximum absolute atomic E-state index is 12.7. The SMILES string of the molecule is Cc1cc(C2CN(C(=O)C3CCN(Cc4ccccc4)C3)C2)no1. The highest BCUT2D eigenvalue weighted by atomic mass is 16.5. The van der Waals surface area contributed by atoms with Crippen LogP contribution in [-0.4, -0.2) is 47.0 Å². The zero-order chi connectivity index (χ0) is 16.5. The number of likely N-dealkylation sites (tertiary alicyclic amines) is 2. The molecule has 5 heteroatoms. The molecule has 2 aliphatic heterocycles. The molecule has 1 aromatic carbocycles. The van der Waals surface area contributed by atoms with Gasteiger partial charge in [-0.1, -0.05) is 35.5 Å². The van der Waals surface area contributed by atoms with Crippen LogP contribution in [0.1, 0.15) is 29.4 Å². The van der Waals surface area contributed by atoms with Crippen LogP contribution in [0, 0.1) is 12.8 Å². The van der Waals surface area contributed by atoms with Gasteiger partial charge in [0.25, 0.3) is 0 Å². The molecule has 0 radical (unpaired) electrons. The van der Waals surface area contributed by atoms with E-state index < -0.39 is 0 Å². The maximum atomic E-state index is 12.7. The summed E-state index contributed by atoms with van der Waals surface area (Å²) in [6.07, 6.45) is 0.968. The second-order valence-electron chi connectivity index (χ2n) is 7.01. The van der Waals surface area contributed by atoms with Gasteiger partial charge in [0.15, 0.2) is 0 Å². The Morgan fingerprint density at radius 2 is 2.04 bits per heavy atom. The van der Waals surface area contributed by atoms with Gasteiger partial charge >= 0.3 is 0 Å². The topological polar surface area (TPSA) is 49.6 Å². The number of hydrogen-bond acceptors (Lipinski definition) is 4. The molecular weight excluding hydrogens is 302 g/mol. The molecule has 0 N–H and O–H groups in total. The van der Waals surface area contributed by atoms with Gasteiger partial charge in [0.1, 0.15) is 5.76 Å². The Kier molecular flexibility index (Phi) is 4.10. The molecule has 2 saturated heterocycles. The van der Waals surface area contributed by atoms with E-state index >= 15 is 0 Å². The van der Waals surface area contributed by atoms with Crippen molar-refractivity contribution in [1.29, 1.82) is 0 Å². The number of aryl methyl sites for hydroxylation is 1. The van der Waals surface area contributed by atoms with Crippen LogP contribution in [0.5, 0.6) is 0 Å². The van der Waals surface area contributed by atoms with Crippen LogP contribution >= 0.6 is 0 Å². The quantitative estimate of drug-likeness (QED) is 0.866. The number of carbonyl (C=O) groups excluding carboxylic acids is 1. The van der Waals surface area contributed by atoms with Gasteiger partial charge in [-0.25, -0.2) is 0 Å². The highest BCUT2D eigenvalue weighted by molar-refractivity contribution is 5.80. The number of amides is 1. The van der Waals surface area contributed by atoms with Gasteiger partial charge in [-0.2, -0.15) is 0 Å². The Balaban J connectivity index is 1.28. The van der Waals surface area contributed by atoms with Crippen molar-refractivity contribution in [3.63, 3.8) is 0 Å². The summed E-state index contributed by atoms with van der Waals surface area (Å²) in [5.74, 6) is 1.63. The van der Waals surface area contributed by atoms with Crippen molar-refractivity contribution >= 4 is 5.91 Å². The van der Waals surface area contributed by atoms with E-state index in [0.29, 0.717) is 11.8 Å². The molecule has 3 heterocycles. The number of benzene rings is 1. The molecule has 1 unspecified atom stereocenters. The minimum atomic E-state index is 0.147. The van der Waals surface area contributed by atoms with Crippen molar-refractivity contribution in [2.75, 3.05) is 26.2 Å². The van der Waals surface area contributed by atoms with Gasteiger partial charge in [-0.05, 0) is 25.5 Å². The highest BCUT2D eigenvalue weighted by Gasteiger charge is 2.38. The molecular formula is C19H23N3O2. The first kappa shape index (κ1) is 15.4. The normalized spacial score (nSPS) is 21.9. The Hall–Kier alpha value is -2.14. The molecule has 0 aliphatic carbocycles. The van der Waals surface area contributed by atoms with Gasteiger partial charge in [0.05, 0.1) is 11.6 Å². The molecule has 24 heavy (non-hydrogen) atoms. The average molecular weight is 325 g/mol. The van der Waals surface area contributed by atoms with Crippen LogP contribution < -0.4 is 0 Å². The number of hydrogen-bond donors (Lipinski definition) is 0. The lowest BCUT2D eigenvalue weighted by Gasteiger charge is -2.39. The summed E-state index contributed by atoms with van der Waals surface area (Å²) in [4.78, 5) is 17.0. The van der Waals surface area contributed by atoms with Crippen molar-refractivity contribution in [2.45, 2.75) is 25.8 Å². The van der Waals surface area contributed by atoms with E-state index in [1.807, 2.05) is 24.0 Å². The molecule has 0 spiro atoms. The molecule has 1 atom stereocenters. The second-order valence-corrected chi connectivity index (χ2v) is 7.01. The molecule has 0 bridgehead atoms. The fourth-order valence-electron chi connectivity index (χ4n) is 3.70. The van der Waals surface area contributed by atoms with Gasteiger partial charge in [-0.3, -0.25) is 9.69 Å². The summed E-state index contributed by atoms with van der Waals surface area (Å²) < 4.78 is 5.13. The molecule has 1 amide bonds. The van der Waals surface area contributed by atoms with Crippen molar-refractivity contribution in [1.82, 2.24) is 15.0 Å². The fraction of sp³-hybridized carbons (Fsp3) is 0.474. The lowest BCUT2D eigenvalue weighted by atomic mass is 9.94. The summed E-state index contributed by atoms with van der Waals surface area (Å²) in [7, 11) is 0. The Labute approximate surface area is 142 Å². The van der Waals surface area contributed by atoms with Gasteiger partial charge in [0.2, 0.25) is 5.91 Å². The van der Waals surface area contributed by atoms with Crippen LogP contribution in [-0.2, 0) is 11.3 Å². The summed E-state index contributed by atoms with van der Waals surface area (Å²) in [6, 6.07) is 12.4. The molecule has 126 valence electrons. The molecule has 2 fully saturated rings. The molecule has 4 rings (SSSR count). The smallest absolute Gasteiger partial charge is 0.227 e. The van der Waals surface area contributed by atoms with E-state index in [9.17, 15) is 4.79 Å². The third kappa shape index (κ3) is 3.08. The summed E-state index contributed by atoms with van der Waals surface area (Å²) in [5.41, 5.74) is 2.30. The van der Waals surface area contributed by atoms with E-state index in [2.05, 4.69) is 34.3 Å². The Morgan fingerprint density at radius 1 is 1.25 bits per heavy atom. The highest BCUT2D eigenvalue weighted by Crippen LogP contribution is 2.30. The zero-order valence-electron chi connectivity index (χ0n) is 14.0.